The largest absolute Gasteiger partial charge is 0.370 e. The van der Waals surface area contributed by atoms with Gasteiger partial charge in [0.15, 0.2) is 5.96 Å². The van der Waals surface area contributed by atoms with Gasteiger partial charge >= 0.3 is 0 Å². The SMILES string of the molecule is CCN(C)C(N)=NCC(C)C. The van der Waals surface area contributed by atoms with Gasteiger partial charge in [0, 0.05) is 20.1 Å². The molecular formula is C8H19N3. The molecule has 0 unspecified atom stereocenters. The Balaban J connectivity index is 3.79. The van der Waals surface area contributed by atoms with E-state index >= 15 is 0 Å². The number of guanidine groups is 1. The van der Waals surface area contributed by atoms with Crippen LogP contribution in [0, 0.1) is 5.92 Å². The Morgan fingerprint density at radius 2 is 2.09 bits per heavy atom. The van der Waals surface area contributed by atoms with Crippen molar-refractivity contribution in [2.45, 2.75) is 20.8 Å². The summed E-state index contributed by atoms with van der Waals surface area (Å²) in [6, 6.07) is 0. The standard InChI is InChI=1S/C8H19N3/c1-5-11(4)8(9)10-6-7(2)3/h7H,5-6H2,1-4H3,(H2,9,10). The van der Waals surface area contributed by atoms with E-state index in [0.717, 1.165) is 13.1 Å². The van der Waals surface area contributed by atoms with Crippen molar-refractivity contribution >= 4 is 5.96 Å². The maximum absolute atomic E-state index is 5.65. The van der Waals surface area contributed by atoms with Crippen molar-refractivity contribution in [1.29, 1.82) is 0 Å². The molecule has 0 aliphatic carbocycles. The summed E-state index contributed by atoms with van der Waals surface area (Å²) in [7, 11) is 1.94. The van der Waals surface area contributed by atoms with Gasteiger partial charge in [0.25, 0.3) is 0 Å². The number of rotatable bonds is 3. The zero-order valence-corrected chi connectivity index (χ0v) is 7.96. The predicted molar refractivity (Wildman–Crippen MR) is 49.6 cm³/mol. The van der Waals surface area contributed by atoms with E-state index < -0.39 is 0 Å². The third-order valence-electron chi connectivity index (χ3n) is 1.48. The molecule has 0 bridgehead atoms. The summed E-state index contributed by atoms with van der Waals surface area (Å²) in [6.07, 6.45) is 0. The van der Waals surface area contributed by atoms with E-state index in [9.17, 15) is 0 Å². The molecule has 0 aliphatic rings. The molecule has 0 amide bonds. The second-order valence-corrected chi connectivity index (χ2v) is 3.11. The van der Waals surface area contributed by atoms with Crippen molar-refractivity contribution in [1.82, 2.24) is 4.90 Å². The molecule has 0 heterocycles. The molecule has 0 rings (SSSR count). The fraction of sp³-hybridized carbons (Fsp3) is 0.875. The molecule has 0 fully saturated rings. The lowest BCUT2D eigenvalue weighted by Crippen LogP contribution is -2.34. The molecule has 0 atom stereocenters. The summed E-state index contributed by atoms with van der Waals surface area (Å²) in [5, 5.41) is 0. The topological polar surface area (TPSA) is 41.6 Å². The van der Waals surface area contributed by atoms with Gasteiger partial charge in [-0.05, 0) is 12.8 Å². The molecule has 0 spiro atoms. The Labute approximate surface area is 69.3 Å². The van der Waals surface area contributed by atoms with Gasteiger partial charge in [-0.25, -0.2) is 0 Å². The minimum Gasteiger partial charge on any atom is -0.370 e. The van der Waals surface area contributed by atoms with Crippen LogP contribution < -0.4 is 5.73 Å². The summed E-state index contributed by atoms with van der Waals surface area (Å²) >= 11 is 0. The minimum absolute atomic E-state index is 0.582. The minimum atomic E-state index is 0.582. The normalized spacial score (nSPS) is 12.3. The van der Waals surface area contributed by atoms with E-state index in [1.54, 1.807) is 0 Å². The molecule has 11 heavy (non-hydrogen) atoms. The predicted octanol–water partition coefficient (Wildman–Crippen LogP) is 0.909. The summed E-state index contributed by atoms with van der Waals surface area (Å²) < 4.78 is 0. The highest BCUT2D eigenvalue weighted by Crippen LogP contribution is 1.92. The molecule has 0 aromatic rings. The van der Waals surface area contributed by atoms with E-state index in [-0.39, 0.29) is 0 Å². The fourth-order valence-electron chi connectivity index (χ4n) is 0.559. The van der Waals surface area contributed by atoms with Gasteiger partial charge in [-0.3, -0.25) is 4.99 Å². The number of aliphatic imine (C=N–C) groups is 1. The second-order valence-electron chi connectivity index (χ2n) is 3.11. The van der Waals surface area contributed by atoms with Gasteiger partial charge in [0.1, 0.15) is 0 Å². The van der Waals surface area contributed by atoms with E-state index in [1.807, 2.05) is 11.9 Å². The molecule has 3 heteroatoms. The Bertz CT molecular complexity index is 129. The van der Waals surface area contributed by atoms with Crippen LogP contribution in [-0.2, 0) is 0 Å². The van der Waals surface area contributed by atoms with Gasteiger partial charge in [0.05, 0.1) is 0 Å². The van der Waals surface area contributed by atoms with Crippen molar-refractivity contribution in [3.05, 3.63) is 0 Å². The first kappa shape index (κ1) is 10.3. The van der Waals surface area contributed by atoms with E-state index in [1.165, 1.54) is 0 Å². The Hall–Kier alpha value is -0.730. The maximum Gasteiger partial charge on any atom is 0.190 e. The third-order valence-corrected chi connectivity index (χ3v) is 1.48. The Kier molecular flexibility index (Phi) is 4.66. The van der Waals surface area contributed by atoms with Crippen molar-refractivity contribution in [2.24, 2.45) is 16.6 Å². The van der Waals surface area contributed by atoms with Crippen LogP contribution in [0.15, 0.2) is 4.99 Å². The van der Waals surface area contributed by atoms with E-state index in [0.29, 0.717) is 11.9 Å². The number of nitrogens with zero attached hydrogens (tertiary/aromatic N) is 2. The smallest absolute Gasteiger partial charge is 0.190 e. The van der Waals surface area contributed by atoms with Crippen molar-refractivity contribution in [3.8, 4) is 0 Å². The van der Waals surface area contributed by atoms with Crippen molar-refractivity contribution < 1.29 is 0 Å². The molecule has 66 valence electrons. The summed E-state index contributed by atoms with van der Waals surface area (Å²) in [4.78, 5) is 6.15. The third kappa shape index (κ3) is 4.65. The average Bonchev–Trinajstić information content (AvgIpc) is 1.98. The molecule has 0 radical (unpaired) electrons. The second kappa shape index (κ2) is 4.99. The fourth-order valence-corrected chi connectivity index (χ4v) is 0.559. The van der Waals surface area contributed by atoms with Crippen LogP contribution in [0.3, 0.4) is 0 Å². The molecule has 2 N–H and O–H groups in total. The van der Waals surface area contributed by atoms with E-state index in [4.69, 9.17) is 5.73 Å². The van der Waals surface area contributed by atoms with Crippen LogP contribution >= 0.6 is 0 Å². The molecule has 0 saturated heterocycles. The van der Waals surface area contributed by atoms with Gasteiger partial charge < -0.3 is 10.6 Å². The summed E-state index contributed by atoms with van der Waals surface area (Å²) in [6.45, 7) is 8.03. The molecule has 0 aliphatic heterocycles. The summed E-state index contributed by atoms with van der Waals surface area (Å²) in [5.74, 6) is 1.22. The number of nitrogens with two attached hydrogens (primary N) is 1. The monoisotopic (exact) mass is 157 g/mol. The average molecular weight is 157 g/mol. The molecule has 0 aromatic carbocycles. The van der Waals surface area contributed by atoms with Gasteiger partial charge in [-0.15, -0.1) is 0 Å². The molecule has 0 saturated carbocycles. The van der Waals surface area contributed by atoms with Crippen LogP contribution in [0.5, 0.6) is 0 Å². The van der Waals surface area contributed by atoms with Crippen LogP contribution in [-0.4, -0.2) is 31.0 Å². The van der Waals surface area contributed by atoms with Gasteiger partial charge in [0.2, 0.25) is 0 Å². The van der Waals surface area contributed by atoms with Crippen LogP contribution in [0.4, 0.5) is 0 Å². The molecular weight excluding hydrogens is 138 g/mol. The zero-order chi connectivity index (χ0) is 8.85. The Morgan fingerprint density at radius 1 is 1.55 bits per heavy atom. The van der Waals surface area contributed by atoms with Gasteiger partial charge in [-0.1, -0.05) is 13.8 Å². The molecule has 0 aromatic heterocycles. The zero-order valence-electron chi connectivity index (χ0n) is 7.96. The lowest BCUT2D eigenvalue weighted by atomic mass is 10.2. The van der Waals surface area contributed by atoms with Crippen molar-refractivity contribution in [2.75, 3.05) is 20.1 Å². The highest BCUT2D eigenvalue weighted by molar-refractivity contribution is 5.77. The highest BCUT2D eigenvalue weighted by Gasteiger charge is 1.97. The lowest BCUT2D eigenvalue weighted by molar-refractivity contribution is 0.521. The van der Waals surface area contributed by atoms with Crippen LogP contribution in [0.1, 0.15) is 20.8 Å². The quantitative estimate of drug-likeness (QED) is 0.488. The first-order chi connectivity index (χ1) is 5.07. The lowest BCUT2D eigenvalue weighted by Gasteiger charge is -2.15. The van der Waals surface area contributed by atoms with Crippen LogP contribution in [0.25, 0.3) is 0 Å². The Morgan fingerprint density at radius 3 is 2.45 bits per heavy atom. The first-order valence-electron chi connectivity index (χ1n) is 4.09. The highest BCUT2D eigenvalue weighted by atomic mass is 15.2. The van der Waals surface area contributed by atoms with Gasteiger partial charge in [-0.2, -0.15) is 0 Å². The first-order valence-corrected chi connectivity index (χ1v) is 4.09. The summed E-state index contributed by atoms with van der Waals surface area (Å²) in [5.41, 5.74) is 5.65. The van der Waals surface area contributed by atoms with E-state index in [2.05, 4.69) is 25.8 Å². The molecule has 3 nitrogen and oxygen atoms in total. The maximum atomic E-state index is 5.65. The number of hydrogen-bond donors (Lipinski definition) is 1. The number of hydrogen-bond acceptors (Lipinski definition) is 1. The van der Waals surface area contributed by atoms with Crippen molar-refractivity contribution in [3.63, 3.8) is 0 Å². The van der Waals surface area contributed by atoms with Crippen LogP contribution in [0.2, 0.25) is 0 Å².